The molecule has 3 fully saturated rings. The SMILES string of the molecule is COCC(=O)N1CC2CC3C(O[Si](c4ccccc4)(c4ccccc4)C(C)(C)C)C1C(C2)N3C(=O)O. The molecule has 3 heterocycles. The number of amides is 2. The Kier molecular flexibility index (Phi) is 6.47. The zero-order valence-electron chi connectivity index (χ0n) is 21.5. The number of hydrogen-bond acceptors (Lipinski definition) is 4. The maximum Gasteiger partial charge on any atom is 0.407 e. The molecule has 36 heavy (non-hydrogen) atoms. The minimum absolute atomic E-state index is 0.0143. The first-order chi connectivity index (χ1) is 17.2. The van der Waals surface area contributed by atoms with Crippen molar-refractivity contribution in [1.29, 1.82) is 0 Å². The van der Waals surface area contributed by atoms with Crippen LogP contribution in [-0.4, -0.2) is 79.7 Å². The van der Waals surface area contributed by atoms with Gasteiger partial charge in [-0.15, -0.1) is 0 Å². The van der Waals surface area contributed by atoms with Crippen molar-refractivity contribution in [2.24, 2.45) is 5.92 Å². The molecular weight excluding hydrogens is 472 g/mol. The lowest BCUT2D eigenvalue weighted by Gasteiger charge is -2.47. The van der Waals surface area contributed by atoms with E-state index in [0.717, 1.165) is 16.8 Å². The van der Waals surface area contributed by atoms with Gasteiger partial charge in [0.25, 0.3) is 8.32 Å². The van der Waals surface area contributed by atoms with Crippen LogP contribution in [0.15, 0.2) is 60.7 Å². The third-order valence-corrected chi connectivity index (χ3v) is 13.4. The van der Waals surface area contributed by atoms with Crippen LogP contribution >= 0.6 is 0 Å². The molecule has 5 unspecified atom stereocenters. The van der Waals surface area contributed by atoms with Crippen molar-refractivity contribution in [3.8, 4) is 0 Å². The zero-order valence-corrected chi connectivity index (χ0v) is 22.5. The molecule has 8 heteroatoms. The van der Waals surface area contributed by atoms with E-state index in [9.17, 15) is 14.7 Å². The van der Waals surface area contributed by atoms with Gasteiger partial charge in [-0.3, -0.25) is 9.69 Å². The van der Waals surface area contributed by atoms with E-state index >= 15 is 0 Å². The number of likely N-dealkylation sites (tertiary alicyclic amines) is 1. The first kappa shape index (κ1) is 25.0. The van der Waals surface area contributed by atoms with Gasteiger partial charge in [0.05, 0.1) is 24.2 Å². The topological polar surface area (TPSA) is 79.3 Å². The fourth-order valence-corrected chi connectivity index (χ4v) is 11.8. The van der Waals surface area contributed by atoms with Crippen LogP contribution < -0.4 is 10.4 Å². The lowest BCUT2D eigenvalue weighted by molar-refractivity contribution is -0.142. The van der Waals surface area contributed by atoms with Crippen molar-refractivity contribution in [1.82, 2.24) is 9.80 Å². The molecule has 192 valence electrons. The number of rotatable bonds is 6. The Bertz CT molecular complexity index is 1070. The molecule has 0 saturated carbocycles. The monoisotopic (exact) mass is 508 g/mol. The average molecular weight is 509 g/mol. The summed E-state index contributed by atoms with van der Waals surface area (Å²) in [6, 6.07) is 19.9. The van der Waals surface area contributed by atoms with E-state index < -0.39 is 20.5 Å². The molecule has 1 N–H and O–H groups in total. The minimum Gasteiger partial charge on any atom is -0.465 e. The Hall–Kier alpha value is -2.68. The van der Waals surface area contributed by atoms with Gasteiger partial charge >= 0.3 is 6.09 Å². The normalized spacial score (nSPS) is 27.4. The predicted octanol–water partition coefficient (Wildman–Crippen LogP) is 2.93. The molecule has 5 rings (SSSR count). The van der Waals surface area contributed by atoms with Gasteiger partial charge in [-0.1, -0.05) is 81.4 Å². The smallest absolute Gasteiger partial charge is 0.407 e. The van der Waals surface area contributed by atoms with Crippen LogP contribution in [0, 0.1) is 5.92 Å². The summed E-state index contributed by atoms with van der Waals surface area (Å²) < 4.78 is 12.7. The van der Waals surface area contributed by atoms with Gasteiger partial charge in [-0.25, -0.2) is 4.79 Å². The van der Waals surface area contributed by atoms with Crippen LogP contribution in [0.1, 0.15) is 33.6 Å². The number of fused-ring (bicyclic) bond motifs is 2. The summed E-state index contributed by atoms with van der Waals surface area (Å²) in [5.74, 6) is 0.168. The fraction of sp³-hybridized carbons (Fsp3) is 0.500. The van der Waals surface area contributed by atoms with Gasteiger partial charge in [0.2, 0.25) is 5.91 Å². The molecule has 5 atom stereocenters. The van der Waals surface area contributed by atoms with Gasteiger partial charge in [0.15, 0.2) is 0 Å². The Balaban J connectivity index is 1.68. The first-order valence-electron chi connectivity index (χ1n) is 12.8. The largest absolute Gasteiger partial charge is 0.465 e. The second kappa shape index (κ2) is 9.32. The number of carboxylic acid groups (broad SMARTS) is 1. The minimum atomic E-state index is -2.95. The van der Waals surface area contributed by atoms with E-state index in [1.54, 1.807) is 4.90 Å². The lowest BCUT2D eigenvalue weighted by atomic mass is 9.86. The number of methoxy groups -OCH3 is 1. The highest BCUT2D eigenvalue weighted by atomic mass is 28.4. The Morgan fingerprint density at radius 1 is 0.972 bits per heavy atom. The van der Waals surface area contributed by atoms with Crippen LogP contribution in [0.3, 0.4) is 0 Å². The molecule has 0 aromatic heterocycles. The number of carbonyl (C=O) groups is 2. The van der Waals surface area contributed by atoms with Crippen molar-refractivity contribution in [2.75, 3.05) is 20.3 Å². The number of ether oxygens (including phenoxy) is 1. The summed E-state index contributed by atoms with van der Waals surface area (Å²) in [6.45, 7) is 7.29. The molecule has 3 bridgehead atoms. The summed E-state index contributed by atoms with van der Waals surface area (Å²) in [5.41, 5.74) is 0. The molecule has 0 radical (unpaired) electrons. The molecular formula is C28H36N2O5Si. The fourth-order valence-electron chi connectivity index (χ4n) is 7.03. The van der Waals surface area contributed by atoms with E-state index in [2.05, 4.69) is 45.0 Å². The van der Waals surface area contributed by atoms with E-state index in [0.29, 0.717) is 13.0 Å². The highest BCUT2D eigenvalue weighted by molar-refractivity contribution is 6.99. The summed E-state index contributed by atoms with van der Waals surface area (Å²) in [5, 5.41) is 12.3. The number of hydrogen-bond donors (Lipinski definition) is 1. The van der Waals surface area contributed by atoms with Crippen LogP contribution in [0.5, 0.6) is 0 Å². The van der Waals surface area contributed by atoms with Gasteiger partial charge < -0.3 is 19.2 Å². The molecule has 0 spiro atoms. The molecule has 2 aromatic carbocycles. The highest BCUT2D eigenvalue weighted by Gasteiger charge is 2.64. The standard InChI is InChI=1S/C28H36N2O5Si/c1-28(2,3)36(20-11-7-5-8-12-20,21-13-9-6-10-14-21)35-26-23-16-19-15-22(30(23)27(32)33)25(26)29(17-19)24(31)18-34-4/h5-14,19,22-23,25-26H,15-18H2,1-4H3,(H,32,33). The van der Waals surface area contributed by atoms with Gasteiger partial charge in [0, 0.05) is 13.7 Å². The number of piperidine rings is 2. The summed E-state index contributed by atoms with van der Waals surface area (Å²) >= 11 is 0. The highest BCUT2D eigenvalue weighted by Crippen LogP contribution is 2.49. The van der Waals surface area contributed by atoms with Gasteiger partial charge in [-0.2, -0.15) is 0 Å². The third-order valence-electron chi connectivity index (χ3n) is 8.33. The zero-order chi connectivity index (χ0) is 25.7. The third kappa shape index (κ3) is 3.86. The van der Waals surface area contributed by atoms with E-state index in [1.165, 1.54) is 7.11 Å². The molecule has 7 nitrogen and oxygen atoms in total. The van der Waals surface area contributed by atoms with E-state index in [4.69, 9.17) is 9.16 Å². The summed E-state index contributed by atoms with van der Waals surface area (Å²) in [4.78, 5) is 29.2. The second-order valence-corrected chi connectivity index (χ2v) is 15.6. The predicted molar refractivity (Wildman–Crippen MR) is 140 cm³/mol. The Morgan fingerprint density at radius 2 is 1.53 bits per heavy atom. The number of benzene rings is 2. The van der Waals surface area contributed by atoms with Crippen LogP contribution in [0.2, 0.25) is 5.04 Å². The molecule has 2 amide bonds. The Labute approximate surface area is 214 Å². The molecule has 0 aliphatic carbocycles. The number of carbonyl (C=O) groups excluding carboxylic acids is 1. The Morgan fingerprint density at radius 3 is 2.03 bits per heavy atom. The van der Waals surface area contributed by atoms with Crippen molar-refractivity contribution in [3.63, 3.8) is 0 Å². The van der Waals surface area contributed by atoms with Gasteiger partial charge in [0.1, 0.15) is 6.61 Å². The molecule has 3 saturated heterocycles. The first-order valence-corrected chi connectivity index (χ1v) is 14.7. The quantitative estimate of drug-likeness (QED) is 0.607. The number of nitrogens with zero attached hydrogens (tertiary/aromatic N) is 2. The van der Waals surface area contributed by atoms with Gasteiger partial charge in [-0.05, 0) is 34.2 Å². The molecule has 3 aliphatic heterocycles. The molecule has 3 aliphatic rings. The maximum absolute atomic E-state index is 13.2. The summed E-state index contributed by atoms with van der Waals surface area (Å²) in [6.07, 6.45) is 0.137. The van der Waals surface area contributed by atoms with Crippen molar-refractivity contribution in [2.45, 2.75) is 62.9 Å². The maximum atomic E-state index is 13.2. The van der Waals surface area contributed by atoms with Crippen molar-refractivity contribution in [3.05, 3.63) is 60.7 Å². The average Bonchev–Trinajstić information content (AvgIpc) is 2.96. The lowest BCUT2D eigenvalue weighted by Crippen LogP contribution is -2.69. The summed E-state index contributed by atoms with van der Waals surface area (Å²) in [7, 11) is -1.43. The van der Waals surface area contributed by atoms with E-state index in [-0.39, 0.29) is 41.6 Å². The van der Waals surface area contributed by atoms with E-state index in [1.807, 2.05) is 41.3 Å². The van der Waals surface area contributed by atoms with Crippen LogP contribution in [0.25, 0.3) is 0 Å². The molecule has 2 aromatic rings. The van der Waals surface area contributed by atoms with Crippen molar-refractivity contribution >= 4 is 30.7 Å². The van der Waals surface area contributed by atoms with Crippen molar-refractivity contribution < 1.29 is 23.9 Å². The van der Waals surface area contributed by atoms with Crippen LogP contribution in [0.4, 0.5) is 4.79 Å². The second-order valence-electron chi connectivity index (χ2n) is 11.4. The van der Waals surface area contributed by atoms with Crippen LogP contribution in [-0.2, 0) is 14.0 Å².